The molecule has 4 heterocycles. The van der Waals surface area contributed by atoms with Crippen LogP contribution in [0.3, 0.4) is 0 Å². The molecule has 0 amide bonds. The van der Waals surface area contributed by atoms with Gasteiger partial charge in [-0.15, -0.1) is 5.10 Å². The highest BCUT2D eigenvalue weighted by molar-refractivity contribution is 7.91. The summed E-state index contributed by atoms with van der Waals surface area (Å²) >= 11 is 0. The molecule has 0 aliphatic carbocycles. The first-order chi connectivity index (χ1) is 19.1. The van der Waals surface area contributed by atoms with Crippen molar-refractivity contribution >= 4 is 43.9 Å². The average molecular weight is 572 g/mol. The minimum absolute atomic E-state index is 0.117. The number of hydrogen-bond acceptors (Lipinski definition) is 10. The van der Waals surface area contributed by atoms with Crippen molar-refractivity contribution in [3.05, 3.63) is 36.2 Å². The molecule has 216 valence electrons. The zero-order valence-electron chi connectivity index (χ0n) is 23.7. The number of hydrogen-bond donors (Lipinski definition) is 1. The zero-order valence-corrected chi connectivity index (χ0v) is 24.5. The highest BCUT2D eigenvalue weighted by Gasteiger charge is 2.38. The van der Waals surface area contributed by atoms with Crippen LogP contribution >= 0.6 is 0 Å². The van der Waals surface area contributed by atoms with Crippen LogP contribution in [0.4, 0.5) is 27.7 Å². The number of nitrogens with one attached hydrogen (secondary N) is 1. The molecule has 10 nitrogen and oxygen atoms in total. The molecule has 0 unspecified atom stereocenters. The molecule has 1 N–H and O–H groups in total. The van der Waals surface area contributed by atoms with Gasteiger partial charge in [0.2, 0.25) is 5.95 Å². The number of piperidine rings is 1. The van der Waals surface area contributed by atoms with E-state index in [0.29, 0.717) is 43.0 Å². The standard InChI is InChI=1S/C28H38FN7O3S/c1-6-40(37,38)16-19-14-36(18(19)4)24-8-7-20(17(2)3)21-11-26(30-12-22(21)24)32-27-13-31-34-28(33-27)35-10-9-25(39-5)23(29)15-35/h7-8,11-13,17-19,23,25H,6,9-10,14-16H2,1-5H3,(H,30,32,33,34)/t18-,19-,23-,25+/m1/s1. The Hall–Kier alpha value is -3.12. The van der Waals surface area contributed by atoms with E-state index in [9.17, 15) is 12.8 Å². The number of anilines is 4. The smallest absolute Gasteiger partial charge is 0.247 e. The van der Waals surface area contributed by atoms with Crippen LogP contribution in [0.2, 0.25) is 0 Å². The highest BCUT2D eigenvalue weighted by atomic mass is 32.2. The summed E-state index contributed by atoms with van der Waals surface area (Å²) in [6.45, 7) is 9.54. The number of methoxy groups -OCH3 is 1. The molecule has 12 heteroatoms. The van der Waals surface area contributed by atoms with Gasteiger partial charge in [0.05, 0.1) is 24.6 Å². The molecule has 0 radical (unpaired) electrons. The molecule has 40 heavy (non-hydrogen) atoms. The predicted molar refractivity (Wildman–Crippen MR) is 156 cm³/mol. The van der Waals surface area contributed by atoms with Crippen LogP contribution in [-0.2, 0) is 14.6 Å². The van der Waals surface area contributed by atoms with Crippen molar-refractivity contribution in [2.24, 2.45) is 5.92 Å². The fraction of sp³-hybridized carbons (Fsp3) is 0.571. The van der Waals surface area contributed by atoms with Gasteiger partial charge in [-0.2, -0.15) is 10.1 Å². The Morgan fingerprint density at radius 3 is 2.65 bits per heavy atom. The lowest BCUT2D eigenvalue weighted by Crippen LogP contribution is -2.57. The van der Waals surface area contributed by atoms with Gasteiger partial charge in [-0.25, -0.2) is 17.8 Å². The molecule has 2 aliphatic heterocycles. The Kier molecular flexibility index (Phi) is 8.10. The summed E-state index contributed by atoms with van der Waals surface area (Å²) in [4.78, 5) is 13.3. The average Bonchev–Trinajstić information content (AvgIpc) is 2.94. The zero-order chi connectivity index (χ0) is 28.6. The van der Waals surface area contributed by atoms with Crippen molar-refractivity contribution in [2.45, 2.75) is 58.4 Å². The number of sulfone groups is 1. The van der Waals surface area contributed by atoms with E-state index in [1.807, 2.05) is 12.3 Å². The first-order valence-corrected chi connectivity index (χ1v) is 15.7. The molecule has 0 spiro atoms. The van der Waals surface area contributed by atoms with Crippen LogP contribution in [0.1, 0.15) is 45.6 Å². The number of nitrogens with zero attached hydrogens (tertiary/aromatic N) is 6. The monoisotopic (exact) mass is 571 g/mol. The van der Waals surface area contributed by atoms with Crippen molar-refractivity contribution in [1.82, 2.24) is 20.2 Å². The number of aromatic nitrogens is 4. The lowest BCUT2D eigenvalue weighted by molar-refractivity contribution is 0.0194. The summed E-state index contributed by atoms with van der Waals surface area (Å²) in [5, 5.41) is 13.5. The fourth-order valence-electron chi connectivity index (χ4n) is 5.66. The topological polar surface area (TPSA) is 113 Å². The number of pyridine rings is 1. The van der Waals surface area contributed by atoms with E-state index in [2.05, 4.69) is 63.3 Å². The van der Waals surface area contributed by atoms with E-state index >= 15 is 0 Å². The van der Waals surface area contributed by atoms with Crippen molar-refractivity contribution < 1.29 is 17.5 Å². The summed E-state index contributed by atoms with van der Waals surface area (Å²) in [5.41, 5.74) is 2.25. The Labute approximate surface area is 235 Å². The maximum absolute atomic E-state index is 14.4. The normalized spacial score (nSPS) is 23.5. The Bertz CT molecular complexity index is 1470. The van der Waals surface area contributed by atoms with Crippen molar-refractivity contribution in [1.29, 1.82) is 0 Å². The first-order valence-electron chi connectivity index (χ1n) is 13.9. The van der Waals surface area contributed by atoms with Crippen LogP contribution in [0, 0.1) is 5.92 Å². The number of halogens is 1. The summed E-state index contributed by atoms with van der Waals surface area (Å²) in [6.07, 6.45) is 2.40. The summed E-state index contributed by atoms with van der Waals surface area (Å²) in [5.74, 6) is 2.25. The summed E-state index contributed by atoms with van der Waals surface area (Å²) in [6, 6.07) is 6.41. The van der Waals surface area contributed by atoms with Crippen molar-refractivity contribution in [3.63, 3.8) is 0 Å². The Morgan fingerprint density at radius 1 is 1.18 bits per heavy atom. The van der Waals surface area contributed by atoms with Crippen molar-refractivity contribution in [3.8, 4) is 0 Å². The second-order valence-corrected chi connectivity index (χ2v) is 13.5. The van der Waals surface area contributed by atoms with E-state index in [-0.39, 0.29) is 30.0 Å². The van der Waals surface area contributed by atoms with Crippen LogP contribution in [-0.4, -0.2) is 85.2 Å². The maximum Gasteiger partial charge on any atom is 0.247 e. The second kappa shape index (κ2) is 11.4. The number of ether oxygens (including phenoxy) is 1. The van der Waals surface area contributed by atoms with Gasteiger partial charge in [0, 0.05) is 55.2 Å². The van der Waals surface area contributed by atoms with Gasteiger partial charge in [0.15, 0.2) is 5.82 Å². The summed E-state index contributed by atoms with van der Waals surface area (Å²) in [7, 11) is -1.49. The molecule has 0 bridgehead atoms. The lowest BCUT2D eigenvalue weighted by atomic mass is 9.88. The molecule has 0 saturated carbocycles. The molecule has 2 aromatic heterocycles. The molecule has 2 fully saturated rings. The largest absolute Gasteiger partial charge is 0.378 e. The van der Waals surface area contributed by atoms with Gasteiger partial charge in [-0.05, 0) is 42.3 Å². The number of benzene rings is 1. The Morgan fingerprint density at radius 2 is 1.98 bits per heavy atom. The van der Waals surface area contributed by atoms with E-state index < -0.39 is 22.1 Å². The number of rotatable bonds is 9. The van der Waals surface area contributed by atoms with Crippen LogP contribution in [0.15, 0.2) is 30.6 Å². The second-order valence-electron chi connectivity index (χ2n) is 11.1. The quantitative estimate of drug-likeness (QED) is 0.403. The molecule has 5 rings (SSSR count). The number of fused-ring (bicyclic) bond motifs is 1. The van der Waals surface area contributed by atoms with Crippen molar-refractivity contribution in [2.75, 3.05) is 53.4 Å². The van der Waals surface area contributed by atoms with Gasteiger partial charge < -0.3 is 19.9 Å². The first kappa shape index (κ1) is 28.4. The Balaban J connectivity index is 1.39. The van der Waals surface area contributed by atoms with Gasteiger partial charge in [-0.1, -0.05) is 26.8 Å². The third-order valence-corrected chi connectivity index (χ3v) is 10.0. The van der Waals surface area contributed by atoms with Gasteiger partial charge in [-0.3, -0.25) is 0 Å². The molecule has 1 aromatic carbocycles. The third kappa shape index (κ3) is 5.69. The van der Waals surface area contributed by atoms with E-state index in [0.717, 1.165) is 16.5 Å². The molecular formula is C28H38FN7O3S. The van der Waals surface area contributed by atoms with E-state index in [4.69, 9.17) is 4.74 Å². The minimum atomic E-state index is -3.02. The minimum Gasteiger partial charge on any atom is -0.378 e. The summed E-state index contributed by atoms with van der Waals surface area (Å²) < 4.78 is 44.0. The van der Waals surface area contributed by atoms with Gasteiger partial charge >= 0.3 is 0 Å². The molecule has 2 saturated heterocycles. The SMILES string of the molecule is CCS(=O)(=O)C[C@H]1CN(c2ccc(C(C)C)c3cc(Nc4cnnc(N5CC[C@H](OC)[C@H](F)C5)n4)ncc23)[C@@H]1C. The van der Waals surface area contributed by atoms with Gasteiger partial charge in [0.25, 0.3) is 0 Å². The fourth-order valence-corrected chi connectivity index (χ4v) is 6.93. The van der Waals surface area contributed by atoms with E-state index in [1.165, 1.54) is 18.9 Å². The van der Waals surface area contributed by atoms with E-state index in [1.54, 1.807) is 11.8 Å². The van der Waals surface area contributed by atoms with Crippen LogP contribution < -0.4 is 15.1 Å². The molecule has 3 aromatic rings. The number of alkyl halides is 1. The van der Waals surface area contributed by atoms with Crippen LogP contribution in [0.25, 0.3) is 10.8 Å². The highest BCUT2D eigenvalue weighted by Crippen LogP contribution is 2.39. The predicted octanol–water partition coefficient (Wildman–Crippen LogP) is 4.11. The molecule has 4 atom stereocenters. The third-order valence-electron chi connectivity index (χ3n) is 8.23. The molecular weight excluding hydrogens is 533 g/mol. The lowest BCUT2D eigenvalue weighted by Gasteiger charge is -2.48. The van der Waals surface area contributed by atoms with Crippen LogP contribution in [0.5, 0.6) is 0 Å². The molecule has 2 aliphatic rings. The van der Waals surface area contributed by atoms with Gasteiger partial charge in [0.1, 0.15) is 21.8 Å². The maximum atomic E-state index is 14.4.